The number of nitrogens with zero attached hydrogens (tertiary/aromatic N) is 2. The van der Waals surface area contributed by atoms with Gasteiger partial charge in [0.2, 0.25) is 10.0 Å². The Labute approximate surface area is 168 Å². The highest BCUT2D eigenvalue weighted by atomic mass is 32.2. The second kappa shape index (κ2) is 8.54. The lowest BCUT2D eigenvalue weighted by Gasteiger charge is -2.12. The summed E-state index contributed by atoms with van der Waals surface area (Å²) in [7, 11) is -3.87. The summed E-state index contributed by atoms with van der Waals surface area (Å²) in [6.45, 7) is 3.71. The van der Waals surface area contributed by atoms with Gasteiger partial charge in [0.1, 0.15) is 11.3 Å². The van der Waals surface area contributed by atoms with E-state index in [9.17, 15) is 18.5 Å². The molecule has 1 N–H and O–H groups in total. The lowest BCUT2D eigenvalue weighted by atomic mass is 10.1. The molecule has 0 aliphatic heterocycles. The van der Waals surface area contributed by atoms with Crippen LogP contribution >= 0.6 is 0 Å². The van der Waals surface area contributed by atoms with Gasteiger partial charge in [0.15, 0.2) is 0 Å². The van der Waals surface area contributed by atoms with Crippen LogP contribution < -0.4 is 9.46 Å². The van der Waals surface area contributed by atoms with Crippen molar-refractivity contribution in [1.82, 2.24) is 9.71 Å². The SMILES string of the molecule is Cc1cc([N+](=O)[O-])cc(S(=O)(=O)NCCCOc2cccc3cccnc23)c1C. The molecule has 0 bridgehead atoms. The van der Waals surface area contributed by atoms with Crippen molar-refractivity contribution in [3.05, 3.63) is 69.9 Å². The van der Waals surface area contributed by atoms with Crippen LogP contribution in [-0.4, -0.2) is 31.5 Å². The van der Waals surface area contributed by atoms with E-state index in [2.05, 4.69) is 9.71 Å². The maximum absolute atomic E-state index is 12.6. The molecule has 3 rings (SSSR count). The molecule has 0 unspecified atom stereocenters. The van der Waals surface area contributed by atoms with Gasteiger partial charge in [-0.15, -0.1) is 0 Å². The van der Waals surface area contributed by atoms with Crippen molar-refractivity contribution < 1.29 is 18.1 Å². The first-order chi connectivity index (χ1) is 13.8. The zero-order valence-electron chi connectivity index (χ0n) is 16.1. The molecule has 0 amide bonds. The maximum Gasteiger partial charge on any atom is 0.271 e. The number of non-ortho nitro benzene ring substituents is 1. The Balaban J connectivity index is 1.62. The normalized spacial score (nSPS) is 11.5. The van der Waals surface area contributed by atoms with Crippen molar-refractivity contribution in [2.45, 2.75) is 25.2 Å². The summed E-state index contributed by atoms with van der Waals surface area (Å²) in [6, 6.07) is 11.9. The standard InChI is InChI=1S/C20H21N3O5S/c1-14-12-17(23(24)25)13-19(15(14)2)29(26,27)22-10-5-11-28-18-8-3-6-16-7-4-9-21-20(16)18/h3-4,6-9,12-13,22H,5,10-11H2,1-2H3. The van der Waals surface area contributed by atoms with E-state index in [4.69, 9.17) is 4.74 Å². The van der Waals surface area contributed by atoms with Gasteiger partial charge in [0, 0.05) is 30.3 Å². The Morgan fingerprint density at radius 3 is 2.69 bits per heavy atom. The largest absolute Gasteiger partial charge is 0.491 e. The molecule has 0 spiro atoms. The summed E-state index contributed by atoms with van der Waals surface area (Å²) in [5.74, 6) is 0.635. The van der Waals surface area contributed by atoms with E-state index in [-0.39, 0.29) is 17.1 Å². The fraction of sp³-hybridized carbons (Fsp3) is 0.250. The summed E-state index contributed by atoms with van der Waals surface area (Å²) in [5, 5.41) is 12.0. The average molecular weight is 415 g/mol. The van der Waals surface area contributed by atoms with Crippen LogP contribution in [0.3, 0.4) is 0 Å². The fourth-order valence-corrected chi connectivity index (χ4v) is 4.33. The number of benzene rings is 2. The van der Waals surface area contributed by atoms with E-state index in [1.165, 1.54) is 6.07 Å². The molecule has 0 saturated heterocycles. The minimum atomic E-state index is -3.87. The summed E-state index contributed by atoms with van der Waals surface area (Å²) < 4.78 is 33.4. The number of fused-ring (bicyclic) bond motifs is 1. The number of aromatic nitrogens is 1. The Kier molecular flexibility index (Phi) is 6.09. The van der Waals surface area contributed by atoms with Crippen LogP contribution in [0.5, 0.6) is 5.75 Å². The summed E-state index contributed by atoms with van der Waals surface area (Å²) >= 11 is 0. The third-order valence-electron chi connectivity index (χ3n) is 4.57. The Morgan fingerprint density at radius 2 is 1.93 bits per heavy atom. The number of hydrogen-bond acceptors (Lipinski definition) is 6. The minimum Gasteiger partial charge on any atom is -0.491 e. The number of rotatable bonds is 8. The fourth-order valence-electron chi connectivity index (χ4n) is 2.92. The van der Waals surface area contributed by atoms with E-state index < -0.39 is 14.9 Å². The van der Waals surface area contributed by atoms with Crippen LogP contribution in [0.25, 0.3) is 10.9 Å². The van der Waals surface area contributed by atoms with Gasteiger partial charge in [0.05, 0.1) is 16.4 Å². The van der Waals surface area contributed by atoms with Gasteiger partial charge in [-0.3, -0.25) is 15.1 Å². The number of ether oxygens (including phenoxy) is 1. The molecule has 1 aromatic heterocycles. The molecule has 0 fully saturated rings. The number of nitro groups is 1. The minimum absolute atomic E-state index is 0.0802. The van der Waals surface area contributed by atoms with Gasteiger partial charge < -0.3 is 4.74 Å². The lowest BCUT2D eigenvalue weighted by Crippen LogP contribution is -2.26. The van der Waals surface area contributed by atoms with Crippen molar-refractivity contribution in [2.24, 2.45) is 0 Å². The number of aryl methyl sites for hydroxylation is 1. The van der Waals surface area contributed by atoms with Crippen molar-refractivity contribution >= 4 is 26.6 Å². The van der Waals surface area contributed by atoms with Crippen molar-refractivity contribution in [3.63, 3.8) is 0 Å². The molecule has 0 radical (unpaired) electrons. The van der Waals surface area contributed by atoms with Crippen LogP contribution in [0, 0.1) is 24.0 Å². The number of hydrogen-bond donors (Lipinski definition) is 1. The third-order valence-corrected chi connectivity index (χ3v) is 6.16. The number of nitrogens with one attached hydrogen (secondary N) is 1. The van der Waals surface area contributed by atoms with Gasteiger partial charge in [-0.05, 0) is 43.5 Å². The first-order valence-electron chi connectivity index (χ1n) is 9.01. The number of pyridine rings is 1. The second-order valence-corrected chi connectivity index (χ2v) is 8.31. The van der Waals surface area contributed by atoms with Crippen LogP contribution in [0.4, 0.5) is 5.69 Å². The van der Waals surface area contributed by atoms with Crippen LogP contribution in [0.2, 0.25) is 0 Å². The molecule has 1 heterocycles. The molecule has 2 aromatic carbocycles. The molecule has 0 atom stereocenters. The molecule has 8 nitrogen and oxygen atoms in total. The first kappa shape index (κ1) is 20.7. The van der Waals surface area contributed by atoms with Gasteiger partial charge in [-0.25, -0.2) is 13.1 Å². The van der Waals surface area contributed by atoms with Crippen molar-refractivity contribution in [2.75, 3.05) is 13.2 Å². The summed E-state index contributed by atoms with van der Waals surface area (Å²) in [6.07, 6.45) is 2.11. The Hall–Kier alpha value is -3.04. The molecule has 0 aliphatic carbocycles. The first-order valence-corrected chi connectivity index (χ1v) is 10.5. The average Bonchev–Trinajstić information content (AvgIpc) is 2.69. The zero-order chi connectivity index (χ0) is 21.0. The summed E-state index contributed by atoms with van der Waals surface area (Å²) in [5.41, 5.74) is 1.53. The molecular formula is C20H21N3O5S. The van der Waals surface area contributed by atoms with Crippen molar-refractivity contribution in [1.29, 1.82) is 0 Å². The number of sulfonamides is 1. The monoisotopic (exact) mass is 415 g/mol. The highest BCUT2D eigenvalue weighted by Crippen LogP contribution is 2.25. The maximum atomic E-state index is 12.6. The molecule has 0 aliphatic rings. The van der Waals surface area contributed by atoms with Crippen molar-refractivity contribution in [3.8, 4) is 5.75 Å². The second-order valence-electron chi connectivity index (χ2n) is 6.57. The molecule has 152 valence electrons. The lowest BCUT2D eigenvalue weighted by molar-refractivity contribution is -0.385. The highest BCUT2D eigenvalue weighted by molar-refractivity contribution is 7.89. The molecule has 9 heteroatoms. The van der Waals surface area contributed by atoms with Gasteiger partial charge >= 0.3 is 0 Å². The Bertz CT molecular complexity index is 1160. The highest BCUT2D eigenvalue weighted by Gasteiger charge is 2.22. The number of nitro benzene ring substituents is 1. The molecule has 29 heavy (non-hydrogen) atoms. The predicted octanol–water partition coefficient (Wildman–Crippen LogP) is 3.51. The van der Waals surface area contributed by atoms with E-state index in [1.807, 2.05) is 30.3 Å². The summed E-state index contributed by atoms with van der Waals surface area (Å²) in [4.78, 5) is 14.7. The third kappa shape index (κ3) is 4.69. The van der Waals surface area contributed by atoms with E-state index >= 15 is 0 Å². The zero-order valence-corrected chi connectivity index (χ0v) is 16.9. The van der Waals surface area contributed by atoms with Crippen LogP contribution in [0.1, 0.15) is 17.5 Å². The van der Waals surface area contributed by atoms with Crippen LogP contribution in [-0.2, 0) is 10.0 Å². The topological polar surface area (TPSA) is 111 Å². The quantitative estimate of drug-likeness (QED) is 0.342. The number of para-hydroxylation sites is 1. The molecular weight excluding hydrogens is 394 g/mol. The van der Waals surface area contributed by atoms with E-state index in [0.29, 0.717) is 29.9 Å². The van der Waals surface area contributed by atoms with E-state index in [1.54, 1.807) is 20.0 Å². The molecule has 0 saturated carbocycles. The predicted molar refractivity (Wildman–Crippen MR) is 110 cm³/mol. The Morgan fingerprint density at radius 1 is 1.17 bits per heavy atom. The van der Waals surface area contributed by atoms with Gasteiger partial charge in [-0.1, -0.05) is 18.2 Å². The van der Waals surface area contributed by atoms with Gasteiger partial charge in [-0.2, -0.15) is 0 Å². The smallest absolute Gasteiger partial charge is 0.271 e. The molecule has 3 aromatic rings. The van der Waals surface area contributed by atoms with E-state index in [0.717, 1.165) is 17.0 Å². The van der Waals surface area contributed by atoms with Crippen LogP contribution in [0.15, 0.2) is 53.6 Å². The van der Waals surface area contributed by atoms with Gasteiger partial charge in [0.25, 0.3) is 5.69 Å².